The average molecular weight is 357 g/mol. The normalized spacial score (nSPS) is 16.8. The Balaban J connectivity index is 2.11. The van der Waals surface area contributed by atoms with Gasteiger partial charge in [0.1, 0.15) is 5.76 Å². The molecule has 0 amide bonds. The zero-order valence-electron chi connectivity index (χ0n) is 13.8. The number of hydrogen-bond donors (Lipinski definition) is 1. The molecule has 2 aromatic rings. The molecule has 0 fully saturated rings. The predicted molar refractivity (Wildman–Crippen MR) is 96.5 cm³/mol. The molecule has 1 N–H and O–H groups in total. The second kappa shape index (κ2) is 7.40. The van der Waals surface area contributed by atoms with Crippen LogP contribution in [0.5, 0.6) is 0 Å². The van der Waals surface area contributed by atoms with Crippen molar-refractivity contribution in [2.24, 2.45) is 5.10 Å². The third-order valence-corrected chi connectivity index (χ3v) is 4.10. The topological polar surface area (TPSA) is 59.9 Å². The molecular formula is C19H17ClN2O3. The third kappa shape index (κ3) is 3.67. The van der Waals surface area contributed by atoms with Crippen molar-refractivity contribution in [2.45, 2.75) is 12.8 Å². The monoisotopic (exact) mass is 356 g/mol. The molecule has 0 saturated heterocycles. The van der Waals surface area contributed by atoms with E-state index < -0.39 is 6.16 Å². The summed E-state index contributed by atoms with van der Waals surface area (Å²) in [5, 5.41) is 5.08. The Morgan fingerprint density at radius 1 is 1.16 bits per heavy atom. The van der Waals surface area contributed by atoms with Crippen LogP contribution in [0.4, 0.5) is 4.79 Å². The Kier molecular flexibility index (Phi) is 5.05. The number of halogens is 1. The van der Waals surface area contributed by atoms with Gasteiger partial charge < -0.3 is 9.47 Å². The lowest BCUT2D eigenvalue weighted by molar-refractivity contribution is 0.0931. The van der Waals surface area contributed by atoms with Gasteiger partial charge in [-0.25, -0.2) is 4.79 Å². The van der Waals surface area contributed by atoms with E-state index in [2.05, 4.69) is 15.3 Å². The maximum absolute atomic E-state index is 11.7. The van der Waals surface area contributed by atoms with Gasteiger partial charge in [-0.1, -0.05) is 54.1 Å². The fourth-order valence-corrected chi connectivity index (χ4v) is 2.91. The number of hydrazone groups is 1. The van der Waals surface area contributed by atoms with Gasteiger partial charge in [0.05, 0.1) is 24.4 Å². The van der Waals surface area contributed by atoms with E-state index in [-0.39, 0.29) is 5.92 Å². The second-order valence-electron chi connectivity index (χ2n) is 5.51. The van der Waals surface area contributed by atoms with Crippen LogP contribution in [-0.4, -0.2) is 19.0 Å². The number of carbonyl (C=O) groups is 1. The van der Waals surface area contributed by atoms with Gasteiger partial charge in [0.25, 0.3) is 0 Å². The molecule has 6 heteroatoms. The first kappa shape index (κ1) is 17.0. The fraction of sp³-hybridized carbons (Fsp3) is 0.158. The lowest BCUT2D eigenvalue weighted by Crippen LogP contribution is -2.29. The summed E-state index contributed by atoms with van der Waals surface area (Å²) in [5.74, 6) is 0.0458. The van der Waals surface area contributed by atoms with Gasteiger partial charge in [-0.2, -0.15) is 5.10 Å². The molecular weight excluding hydrogens is 340 g/mol. The summed E-state index contributed by atoms with van der Waals surface area (Å²) in [7, 11) is 1.27. The molecule has 0 spiro atoms. The maximum atomic E-state index is 11.7. The maximum Gasteiger partial charge on any atom is 0.513 e. The molecule has 1 heterocycles. The van der Waals surface area contributed by atoms with Gasteiger partial charge in [0.15, 0.2) is 0 Å². The number of nitrogens with zero attached hydrogens (tertiary/aromatic N) is 1. The highest BCUT2D eigenvalue weighted by Gasteiger charge is 2.32. The minimum absolute atomic E-state index is 0.388. The van der Waals surface area contributed by atoms with Crippen molar-refractivity contribution in [1.82, 2.24) is 5.43 Å². The molecule has 0 aromatic heterocycles. The van der Waals surface area contributed by atoms with E-state index in [9.17, 15) is 4.79 Å². The standard InChI is InChI=1S/C19H17ClN2O3/c1-12-18(25-19(23)24-2)16(14-9-6-10-15(20)11-14)17(22-21-12)13-7-4-3-5-8-13/h3-11,16,21H,1-2H3. The first-order chi connectivity index (χ1) is 12.1. The number of hydrogen-bond acceptors (Lipinski definition) is 5. The van der Waals surface area contributed by atoms with Gasteiger partial charge in [0.2, 0.25) is 0 Å². The van der Waals surface area contributed by atoms with Gasteiger partial charge in [-0.15, -0.1) is 0 Å². The number of benzene rings is 2. The first-order valence-electron chi connectivity index (χ1n) is 7.71. The van der Waals surface area contributed by atoms with E-state index in [4.69, 9.17) is 16.3 Å². The van der Waals surface area contributed by atoms with Gasteiger partial charge in [-0.05, 0) is 30.2 Å². The van der Waals surface area contributed by atoms with E-state index in [0.29, 0.717) is 16.5 Å². The molecule has 1 atom stereocenters. The first-order valence-corrected chi connectivity index (χ1v) is 8.09. The van der Waals surface area contributed by atoms with Crippen LogP contribution in [0.25, 0.3) is 0 Å². The van der Waals surface area contributed by atoms with Crippen molar-refractivity contribution < 1.29 is 14.3 Å². The summed E-state index contributed by atoms with van der Waals surface area (Å²) in [6, 6.07) is 17.1. The van der Waals surface area contributed by atoms with E-state index in [1.54, 1.807) is 13.0 Å². The van der Waals surface area contributed by atoms with Crippen LogP contribution in [0.15, 0.2) is 71.2 Å². The predicted octanol–water partition coefficient (Wildman–Crippen LogP) is 4.45. The average Bonchev–Trinajstić information content (AvgIpc) is 2.63. The van der Waals surface area contributed by atoms with E-state index in [0.717, 1.165) is 16.8 Å². The number of nitrogens with one attached hydrogen (secondary N) is 1. The summed E-state index contributed by atoms with van der Waals surface area (Å²) in [5.41, 5.74) is 6.08. The van der Waals surface area contributed by atoms with Crippen molar-refractivity contribution in [2.75, 3.05) is 7.11 Å². The molecule has 2 aromatic carbocycles. The van der Waals surface area contributed by atoms with Crippen molar-refractivity contribution in [1.29, 1.82) is 0 Å². The Morgan fingerprint density at radius 3 is 2.60 bits per heavy atom. The molecule has 128 valence electrons. The number of rotatable bonds is 3. The van der Waals surface area contributed by atoms with Crippen LogP contribution in [0.1, 0.15) is 24.0 Å². The van der Waals surface area contributed by atoms with Crippen LogP contribution < -0.4 is 5.43 Å². The Bertz CT molecular complexity index is 847. The minimum atomic E-state index is -0.780. The van der Waals surface area contributed by atoms with Crippen LogP contribution in [0.2, 0.25) is 5.02 Å². The highest BCUT2D eigenvalue weighted by Crippen LogP contribution is 2.35. The van der Waals surface area contributed by atoms with Gasteiger partial charge in [0, 0.05) is 5.02 Å². The summed E-state index contributed by atoms with van der Waals surface area (Å²) in [4.78, 5) is 11.7. The SMILES string of the molecule is COC(=O)OC1=C(C)NN=C(c2ccccc2)C1c1cccc(Cl)c1. The highest BCUT2D eigenvalue weighted by atomic mass is 35.5. The van der Waals surface area contributed by atoms with Gasteiger partial charge >= 0.3 is 6.16 Å². The minimum Gasteiger partial charge on any atom is -0.437 e. The molecule has 1 aliphatic rings. The fourth-order valence-electron chi connectivity index (χ4n) is 2.71. The molecule has 0 aliphatic carbocycles. The summed E-state index contributed by atoms with van der Waals surface area (Å²) < 4.78 is 10.1. The van der Waals surface area contributed by atoms with Crippen LogP contribution in [0.3, 0.4) is 0 Å². The third-order valence-electron chi connectivity index (χ3n) is 3.86. The Morgan fingerprint density at radius 2 is 1.92 bits per heavy atom. The quantitative estimate of drug-likeness (QED) is 0.825. The smallest absolute Gasteiger partial charge is 0.437 e. The molecule has 1 unspecified atom stereocenters. The van der Waals surface area contributed by atoms with Crippen molar-refractivity contribution >= 4 is 23.5 Å². The molecule has 0 bridgehead atoms. The molecule has 5 nitrogen and oxygen atoms in total. The second-order valence-corrected chi connectivity index (χ2v) is 5.94. The number of allylic oxidation sites excluding steroid dienone is 2. The number of ether oxygens (including phenoxy) is 2. The summed E-state index contributed by atoms with van der Waals surface area (Å²) >= 11 is 6.17. The molecule has 0 radical (unpaired) electrons. The van der Waals surface area contributed by atoms with Crippen molar-refractivity contribution in [3.05, 3.63) is 82.2 Å². The highest BCUT2D eigenvalue weighted by molar-refractivity contribution is 6.30. The lowest BCUT2D eigenvalue weighted by atomic mass is 9.86. The van der Waals surface area contributed by atoms with Crippen LogP contribution in [-0.2, 0) is 9.47 Å². The van der Waals surface area contributed by atoms with Crippen molar-refractivity contribution in [3.63, 3.8) is 0 Å². The van der Waals surface area contributed by atoms with Crippen LogP contribution in [0, 0.1) is 0 Å². The molecule has 0 saturated carbocycles. The number of methoxy groups -OCH3 is 1. The zero-order chi connectivity index (χ0) is 17.8. The van der Waals surface area contributed by atoms with E-state index in [1.807, 2.05) is 48.5 Å². The molecule has 25 heavy (non-hydrogen) atoms. The Labute approximate surface area is 150 Å². The molecule has 3 rings (SSSR count). The Hall–Kier alpha value is -2.79. The summed E-state index contributed by atoms with van der Waals surface area (Å²) in [6.45, 7) is 1.79. The largest absolute Gasteiger partial charge is 0.513 e. The van der Waals surface area contributed by atoms with Gasteiger partial charge in [-0.3, -0.25) is 5.43 Å². The van der Waals surface area contributed by atoms with Crippen molar-refractivity contribution in [3.8, 4) is 0 Å². The lowest BCUT2D eigenvalue weighted by Gasteiger charge is -2.27. The zero-order valence-corrected chi connectivity index (χ0v) is 14.6. The van der Waals surface area contributed by atoms with E-state index in [1.165, 1.54) is 7.11 Å². The summed E-state index contributed by atoms with van der Waals surface area (Å²) in [6.07, 6.45) is -0.780. The van der Waals surface area contributed by atoms with Crippen LogP contribution >= 0.6 is 11.6 Å². The molecule has 1 aliphatic heterocycles. The number of carbonyl (C=O) groups excluding carboxylic acids is 1. The van der Waals surface area contributed by atoms with E-state index >= 15 is 0 Å².